The highest BCUT2D eigenvalue weighted by Gasteiger charge is 2.22. The Bertz CT molecular complexity index is 158. The molecule has 0 aromatic carbocycles. The lowest BCUT2D eigenvalue weighted by molar-refractivity contribution is -0.908. The van der Waals surface area contributed by atoms with Crippen molar-refractivity contribution in [1.82, 2.24) is 0 Å². The van der Waals surface area contributed by atoms with Crippen molar-refractivity contribution in [3.8, 4) is 0 Å². The minimum Gasteiger partial charge on any atom is -0.550 e. The van der Waals surface area contributed by atoms with Gasteiger partial charge in [-0.1, -0.05) is 0 Å². The van der Waals surface area contributed by atoms with Gasteiger partial charge in [0.1, 0.15) is 6.54 Å². The number of hydrogen-bond acceptors (Lipinski definition) is 3. The third kappa shape index (κ3) is 2.46. The summed E-state index contributed by atoms with van der Waals surface area (Å²) in [4.78, 5) is 11.7. The fourth-order valence-electron chi connectivity index (χ4n) is 1.74. The van der Waals surface area contributed by atoms with Crippen molar-refractivity contribution in [2.75, 3.05) is 26.2 Å². The molecule has 1 saturated heterocycles. The summed E-state index contributed by atoms with van der Waals surface area (Å²) in [7, 11) is 0. The summed E-state index contributed by atoms with van der Waals surface area (Å²) in [5.41, 5.74) is 0. The Labute approximate surface area is 71.8 Å². The van der Waals surface area contributed by atoms with Gasteiger partial charge in [-0.2, -0.15) is 0 Å². The van der Waals surface area contributed by atoms with Crippen LogP contribution in [0.1, 0.15) is 12.8 Å². The monoisotopic (exact) mass is 173 g/mol. The van der Waals surface area contributed by atoms with Crippen LogP contribution in [-0.4, -0.2) is 37.3 Å². The van der Waals surface area contributed by atoms with E-state index < -0.39 is 5.97 Å². The predicted octanol–water partition coefficient (Wildman–Crippen LogP) is -2.98. The SMILES string of the molecule is O=C([O-])C1CCC[NH+](CCO)C1. The van der Waals surface area contributed by atoms with Gasteiger partial charge in [-0.25, -0.2) is 0 Å². The van der Waals surface area contributed by atoms with E-state index in [4.69, 9.17) is 5.11 Å². The molecule has 0 spiro atoms. The van der Waals surface area contributed by atoms with Crippen LogP contribution in [0.2, 0.25) is 0 Å². The fourth-order valence-corrected chi connectivity index (χ4v) is 1.74. The van der Waals surface area contributed by atoms with Crippen LogP contribution >= 0.6 is 0 Å². The third-order valence-corrected chi connectivity index (χ3v) is 2.42. The summed E-state index contributed by atoms with van der Waals surface area (Å²) in [5, 5.41) is 19.2. The zero-order chi connectivity index (χ0) is 8.97. The zero-order valence-corrected chi connectivity index (χ0v) is 7.08. The van der Waals surface area contributed by atoms with Crippen LogP contribution in [0.15, 0.2) is 0 Å². The molecule has 2 atom stereocenters. The van der Waals surface area contributed by atoms with Gasteiger partial charge in [-0.15, -0.1) is 0 Å². The maximum Gasteiger partial charge on any atom is 0.101 e. The Hall–Kier alpha value is -0.610. The molecule has 2 N–H and O–H groups in total. The number of rotatable bonds is 3. The predicted molar refractivity (Wildman–Crippen MR) is 40.4 cm³/mol. The Balaban J connectivity index is 2.35. The molecule has 0 aromatic heterocycles. The maximum atomic E-state index is 10.5. The van der Waals surface area contributed by atoms with Gasteiger partial charge in [-0.05, 0) is 12.8 Å². The lowest BCUT2D eigenvalue weighted by atomic mass is 9.98. The van der Waals surface area contributed by atoms with Gasteiger partial charge >= 0.3 is 0 Å². The maximum absolute atomic E-state index is 10.5. The van der Waals surface area contributed by atoms with Crippen LogP contribution in [0.5, 0.6) is 0 Å². The number of carbonyl (C=O) groups is 1. The molecular formula is C8H15NO3. The molecule has 4 heteroatoms. The van der Waals surface area contributed by atoms with Crippen molar-refractivity contribution in [2.45, 2.75) is 12.8 Å². The van der Waals surface area contributed by atoms with Crippen LogP contribution < -0.4 is 10.0 Å². The van der Waals surface area contributed by atoms with Crippen molar-refractivity contribution in [3.05, 3.63) is 0 Å². The first-order chi connectivity index (χ1) is 5.74. The van der Waals surface area contributed by atoms with Gasteiger partial charge < -0.3 is 19.9 Å². The number of aliphatic hydroxyl groups is 1. The standard InChI is InChI=1S/C8H15NO3/c10-5-4-9-3-1-2-7(6-9)8(11)12/h7,10H,1-6H2,(H,11,12). The van der Waals surface area contributed by atoms with E-state index >= 15 is 0 Å². The first kappa shape index (κ1) is 9.48. The number of carbonyl (C=O) groups excluding carboxylic acids is 1. The van der Waals surface area contributed by atoms with Crippen LogP contribution in [0.4, 0.5) is 0 Å². The number of piperidine rings is 1. The molecule has 1 fully saturated rings. The van der Waals surface area contributed by atoms with Crippen molar-refractivity contribution in [3.63, 3.8) is 0 Å². The molecule has 0 aromatic rings. The Morgan fingerprint density at radius 1 is 1.67 bits per heavy atom. The van der Waals surface area contributed by atoms with E-state index in [1.54, 1.807) is 0 Å². The number of carboxylic acids is 1. The van der Waals surface area contributed by atoms with E-state index in [-0.39, 0.29) is 12.5 Å². The van der Waals surface area contributed by atoms with Crippen LogP contribution in [0, 0.1) is 5.92 Å². The van der Waals surface area contributed by atoms with Crippen molar-refractivity contribution < 1.29 is 19.9 Å². The quantitative estimate of drug-likeness (QED) is 0.479. The second kappa shape index (κ2) is 4.42. The highest BCUT2D eigenvalue weighted by molar-refractivity contribution is 5.67. The third-order valence-electron chi connectivity index (χ3n) is 2.42. The van der Waals surface area contributed by atoms with Crippen molar-refractivity contribution in [2.24, 2.45) is 5.92 Å². The molecule has 70 valence electrons. The van der Waals surface area contributed by atoms with Gasteiger partial charge in [0.05, 0.1) is 25.7 Å². The Morgan fingerprint density at radius 2 is 2.42 bits per heavy atom. The molecule has 1 aliphatic heterocycles. The van der Waals surface area contributed by atoms with E-state index in [0.29, 0.717) is 13.1 Å². The van der Waals surface area contributed by atoms with E-state index in [9.17, 15) is 9.90 Å². The van der Waals surface area contributed by atoms with Gasteiger partial charge in [-0.3, -0.25) is 0 Å². The molecular weight excluding hydrogens is 158 g/mol. The molecule has 0 radical (unpaired) electrons. The smallest absolute Gasteiger partial charge is 0.101 e. The largest absolute Gasteiger partial charge is 0.550 e. The Morgan fingerprint density at radius 3 is 3.00 bits per heavy atom. The van der Waals surface area contributed by atoms with Gasteiger partial charge in [0.2, 0.25) is 0 Å². The lowest BCUT2D eigenvalue weighted by Crippen LogP contribution is -3.14. The molecule has 0 amide bonds. The molecule has 2 unspecified atom stereocenters. The first-order valence-electron chi connectivity index (χ1n) is 4.39. The molecule has 1 heterocycles. The summed E-state index contributed by atoms with van der Waals surface area (Å²) in [6.07, 6.45) is 1.66. The molecule has 1 rings (SSSR count). The molecule has 0 aliphatic carbocycles. The molecule has 0 bridgehead atoms. The molecule has 0 saturated carbocycles. The second-order valence-corrected chi connectivity index (χ2v) is 3.34. The number of aliphatic carboxylic acids is 1. The minimum absolute atomic E-state index is 0.134. The summed E-state index contributed by atoms with van der Waals surface area (Å²) in [6, 6.07) is 0. The van der Waals surface area contributed by atoms with Gasteiger partial charge in [0.15, 0.2) is 0 Å². The number of quaternary nitrogens is 1. The van der Waals surface area contributed by atoms with E-state index in [0.717, 1.165) is 19.4 Å². The number of hydrogen-bond donors (Lipinski definition) is 2. The minimum atomic E-state index is -0.940. The topological polar surface area (TPSA) is 64.8 Å². The summed E-state index contributed by atoms with van der Waals surface area (Å²) in [5.74, 6) is -1.24. The Kier molecular flexibility index (Phi) is 3.49. The summed E-state index contributed by atoms with van der Waals surface area (Å²) >= 11 is 0. The first-order valence-corrected chi connectivity index (χ1v) is 4.39. The van der Waals surface area contributed by atoms with E-state index in [1.807, 2.05) is 0 Å². The number of nitrogens with one attached hydrogen (secondary N) is 1. The van der Waals surface area contributed by atoms with Gasteiger partial charge in [0, 0.05) is 5.92 Å². The number of aliphatic hydroxyl groups excluding tert-OH is 1. The number of carboxylic acid groups (broad SMARTS) is 1. The van der Waals surface area contributed by atoms with Crippen molar-refractivity contribution in [1.29, 1.82) is 0 Å². The van der Waals surface area contributed by atoms with Crippen LogP contribution in [0.3, 0.4) is 0 Å². The van der Waals surface area contributed by atoms with E-state index in [1.165, 1.54) is 4.90 Å². The van der Waals surface area contributed by atoms with Gasteiger partial charge in [0.25, 0.3) is 0 Å². The molecule has 1 aliphatic rings. The average molecular weight is 173 g/mol. The highest BCUT2D eigenvalue weighted by Crippen LogP contribution is 2.05. The highest BCUT2D eigenvalue weighted by atomic mass is 16.4. The molecule has 4 nitrogen and oxygen atoms in total. The van der Waals surface area contributed by atoms with E-state index in [2.05, 4.69) is 0 Å². The van der Waals surface area contributed by atoms with Crippen LogP contribution in [-0.2, 0) is 4.79 Å². The molecule has 12 heavy (non-hydrogen) atoms. The summed E-state index contributed by atoms with van der Waals surface area (Å²) in [6.45, 7) is 2.38. The zero-order valence-electron chi connectivity index (χ0n) is 7.08. The lowest BCUT2D eigenvalue weighted by Gasteiger charge is -2.29. The second-order valence-electron chi connectivity index (χ2n) is 3.34. The normalized spacial score (nSPS) is 30.1. The summed E-state index contributed by atoms with van der Waals surface area (Å²) < 4.78 is 0. The average Bonchev–Trinajstić information content (AvgIpc) is 2.05. The van der Waals surface area contributed by atoms with Crippen molar-refractivity contribution >= 4 is 5.97 Å². The van der Waals surface area contributed by atoms with Crippen LogP contribution in [0.25, 0.3) is 0 Å². The fraction of sp³-hybridized carbons (Fsp3) is 0.875. The number of likely N-dealkylation sites (tertiary alicyclic amines) is 1.